The van der Waals surface area contributed by atoms with E-state index in [0.29, 0.717) is 6.42 Å². The van der Waals surface area contributed by atoms with Crippen molar-refractivity contribution in [2.24, 2.45) is 0 Å². The number of hydrogen-bond donors (Lipinski definition) is 0. The minimum absolute atomic E-state index is 0.133. The molecule has 0 radical (unpaired) electrons. The second-order valence-electron chi connectivity index (χ2n) is 6.63. The van der Waals surface area contributed by atoms with Crippen LogP contribution in [0.2, 0.25) is 0 Å². The number of benzene rings is 3. The van der Waals surface area contributed by atoms with E-state index in [1.165, 1.54) is 0 Å². The van der Waals surface area contributed by atoms with Gasteiger partial charge >= 0.3 is 15.6 Å². The van der Waals surface area contributed by atoms with Gasteiger partial charge in [0.2, 0.25) is 0 Å². The zero-order valence-corrected chi connectivity index (χ0v) is 17.7. The highest BCUT2D eigenvalue weighted by Crippen LogP contribution is 2.44. The van der Waals surface area contributed by atoms with E-state index in [-0.39, 0.29) is 6.16 Å². The molecule has 0 saturated heterocycles. The molecule has 0 aliphatic rings. The zero-order chi connectivity index (χ0) is 21.7. The highest BCUT2D eigenvalue weighted by molar-refractivity contribution is 7.90. The molecule has 0 bridgehead atoms. The predicted molar refractivity (Wildman–Crippen MR) is 113 cm³/mol. The van der Waals surface area contributed by atoms with Crippen molar-refractivity contribution in [2.75, 3.05) is 6.16 Å². The Hall–Kier alpha value is -2.21. The van der Waals surface area contributed by atoms with Crippen LogP contribution in [0.3, 0.4) is 0 Å². The van der Waals surface area contributed by atoms with Gasteiger partial charge in [-0.2, -0.15) is 21.6 Å². The Kier molecular flexibility index (Phi) is 6.96. The summed E-state index contributed by atoms with van der Waals surface area (Å²) in [6.45, 7) is 0. The van der Waals surface area contributed by atoms with Gasteiger partial charge in [-0.15, -0.1) is 0 Å². The molecule has 0 aromatic heterocycles. The maximum absolute atomic E-state index is 12.6. The summed E-state index contributed by atoms with van der Waals surface area (Å²) in [6, 6.07) is 28.9. The average molecular weight is 452 g/mol. The van der Waals surface area contributed by atoms with E-state index in [1.54, 1.807) is 0 Å². The van der Waals surface area contributed by atoms with Gasteiger partial charge in [0.1, 0.15) is 0 Å². The Morgan fingerprint density at radius 3 is 1.40 bits per heavy atom. The fourth-order valence-electron chi connectivity index (χ4n) is 3.51. The first-order valence-electron chi connectivity index (χ1n) is 9.16. The normalized spacial score (nSPS) is 13.0. The summed E-state index contributed by atoms with van der Waals surface area (Å²) in [6.07, 6.45) is 0.505. The van der Waals surface area contributed by atoms with Crippen molar-refractivity contribution in [2.45, 2.75) is 17.3 Å². The SMILES string of the molecule is O=S(=O)(OPCCC(c1ccccc1)(c1ccccc1)c1ccccc1)C(F)(F)F. The van der Waals surface area contributed by atoms with Crippen LogP contribution in [-0.2, 0) is 19.5 Å². The van der Waals surface area contributed by atoms with Crippen molar-refractivity contribution in [3.63, 3.8) is 0 Å². The lowest BCUT2D eigenvalue weighted by Crippen LogP contribution is -2.30. The van der Waals surface area contributed by atoms with E-state index in [2.05, 4.69) is 3.97 Å². The maximum atomic E-state index is 12.6. The molecule has 30 heavy (non-hydrogen) atoms. The molecular formula is C22H20F3O3PS. The number of rotatable bonds is 8. The third-order valence-corrected chi connectivity index (χ3v) is 7.22. The van der Waals surface area contributed by atoms with E-state index < -0.39 is 29.8 Å². The molecule has 8 heteroatoms. The van der Waals surface area contributed by atoms with Crippen molar-refractivity contribution in [1.82, 2.24) is 0 Å². The maximum Gasteiger partial charge on any atom is 0.523 e. The van der Waals surface area contributed by atoms with Crippen LogP contribution in [0, 0.1) is 0 Å². The Labute approximate surface area is 175 Å². The molecule has 0 saturated carbocycles. The highest BCUT2D eigenvalue weighted by Gasteiger charge is 2.47. The number of hydrogen-bond acceptors (Lipinski definition) is 3. The molecule has 3 nitrogen and oxygen atoms in total. The summed E-state index contributed by atoms with van der Waals surface area (Å²) in [5, 5.41) is 0. The van der Waals surface area contributed by atoms with Crippen LogP contribution in [0.4, 0.5) is 13.2 Å². The topological polar surface area (TPSA) is 43.4 Å². The predicted octanol–water partition coefficient (Wildman–Crippen LogP) is 5.87. The van der Waals surface area contributed by atoms with Gasteiger partial charge in [-0.1, -0.05) is 91.0 Å². The molecule has 0 spiro atoms. The van der Waals surface area contributed by atoms with Gasteiger partial charge in [-0.25, -0.2) is 3.97 Å². The summed E-state index contributed by atoms with van der Waals surface area (Å²) in [5.41, 5.74) is -3.19. The lowest BCUT2D eigenvalue weighted by Gasteiger charge is -2.36. The summed E-state index contributed by atoms with van der Waals surface area (Å²) in [7, 11) is -6.44. The van der Waals surface area contributed by atoms with Gasteiger partial charge in [0.15, 0.2) is 0 Å². The van der Waals surface area contributed by atoms with Crippen LogP contribution in [-0.4, -0.2) is 20.1 Å². The van der Waals surface area contributed by atoms with Gasteiger partial charge in [0.25, 0.3) is 0 Å². The molecule has 3 rings (SSSR count). The molecule has 0 N–H and O–H groups in total. The standard InChI is InChI=1S/C22H20F3O3PS/c23-22(24,25)30(26,27)28-29-17-16-21(18-10-4-1-5-11-18,19-12-6-2-7-13-19)20-14-8-3-9-15-20/h1-15,29H,16-17H2. The minimum Gasteiger partial charge on any atom is -0.244 e. The first-order valence-corrected chi connectivity index (χ1v) is 11.7. The van der Waals surface area contributed by atoms with Gasteiger partial charge in [-0.3, -0.25) is 0 Å². The average Bonchev–Trinajstić information content (AvgIpc) is 2.75. The fourth-order valence-corrected chi connectivity index (χ4v) is 5.32. The van der Waals surface area contributed by atoms with Crippen LogP contribution in [0.25, 0.3) is 0 Å². The van der Waals surface area contributed by atoms with E-state index in [0.717, 1.165) is 16.7 Å². The molecule has 3 aromatic carbocycles. The lowest BCUT2D eigenvalue weighted by molar-refractivity contribution is -0.0495. The molecule has 0 amide bonds. The van der Waals surface area contributed by atoms with Gasteiger partial charge in [0.05, 0.1) is 0 Å². The van der Waals surface area contributed by atoms with E-state index in [9.17, 15) is 21.6 Å². The van der Waals surface area contributed by atoms with Crippen LogP contribution in [0.5, 0.6) is 0 Å². The van der Waals surface area contributed by atoms with Crippen LogP contribution >= 0.6 is 8.81 Å². The third kappa shape index (κ3) is 4.75. The first kappa shape index (κ1) is 22.5. The quantitative estimate of drug-likeness (QED) is 0.186. The van der Waals surface area contributed by atoms with Crippen molar-refractivity contribution in [3.8, 4) is 0 Å². The molecule has 1 atom stereocenters. The van der Waals surface area contributed by atoms with Crippen LogP contribution in [0.15, 0.2) is 91.0 Å². The van der Waals surface area contributed by atoms with Gasteiger partial charge in [0, 0.05) is 14.2 Å². The molecule has 3 aromatic rings. The van der Waals surface area contributed by atoms with E-state index in [4.69, 9.17) is 0 Å². The largest absolute Gasteiger partial charge is 0.523 e. The van der Waals surface area contributed by atoms with Gasteiger partial charge < -0.3 is 0 Å². The Morgan fingerprint density at radius 1 is 0.700 bits per heavy atom. The van der Waals surface area contributed by atoms with E-state index >= 15 is 0 Å². The first-order chi connectivity index (χ1) is 14.3. The highest BCUT2D eigenvalue weighted by atomic mass is 32.2. The van der Waals surface area contributed by atoms with Crippen LogP contribution in [0.1, 0.15) is 23.1 Å². The molecule has 0 heterocycles. The summed E-state index contributed by atoms with van der Waals surface area (Å²) in [4.78, 5) is 0. The Bertz CT molecular complexity index is 945. The molecular weight excluding hydrogens is 432 g/mol. The molecule has 0 aliphatic heterocycles. The molecule has 1 unspecified atom stereocenters. The zero-order valence-electron chi connectivity index (χ0n) is 15.8. The Morgan fingerprint density at radius 2 is 1.07 bits per heavy atom. The van der Waals surface area contributed by atoms with Crippen molar-refractivity contribution in [1.29, 1.82) is 0 Å². The number of halogens is 3. The second kappa shape index (κ2) is 9.29. The van der Waals surface area contributed by atoms with Crippen molar-refractivity contribution < 1.29 is 25.6 Å². The van der Waals surface area contributed by atoms with Crippen molar-refractivity contribution in [3.05, 3.63) is 108 Å². The lowest BCUT2D eigenvalue weighted by atomic mass is 9.68. The van der Waals surface area contributed by atoms with Crippen LogP contribution < -0.4 is 0 Å². The molecule has 0 fully saturated rings. The molecule has 0 aliphatic carbocycles. The monoisotopic (exact) mass is 452 g/mol. The smallest absolute Gasteiger partial charge is 0.244 e. The van der Waals surface area contributed by atoms with Gasteiger partial charge in [-0.05, 0) is 29.3 Å². The summed E-state index contributed by atoms with van der Waals surface area (Å²) in [5.74, 6) is 0. The van der Waals surface area contributed by atoms with E-state index in [1.807, 2.05) is 91.0 Å². The van der Waals surface area contributed by atoms with Crippen molar-refractivity contribution >= 4 is 18.9 Å². The number of alkyl halides is 3. The summed E-state index contributed by atoms with van der Waals surface area (Å²) >= 11 is 0. The minimum atomic E-state index is -5.60. The third-order valence-electron chi connectivity index (χ3n) is 4.85. The summed E-state index contributed by atoms with van der Waals surface area (Å²) < 4.78 is 64.5. The fraction of sp³-hybridized carbons (Fsp3) is 0.182. The Balaban J connectivity index is 2.00. The molecule has 158 valence electrons. The second-order valence-corrected chi connectivity index (χ2v) is 9.46.